The van der Waals surface area contributed by atoms with Gasteiger partial charge in [0.2, 0.25) is 0 Å². The third-order valence-corrected chi connectivity index (χ3v) is 4.93. The first-order valence-electron chi connectivity index (χ1n) is 7.17. The van der Waals surface area contributed by atoms with Crippen LogP contribution in [0.15, 0.2) is 0 Å². The molecule has 3 heteroatoms. The van der Waals surface area contributed by atoms with E-state index >= 15 is 0 Å². The van der Waals surface area contributed by atoms with Crippen molar-refractivity contribution in [2.24, 2.45) is 0 Å². The number of hydrogen-bond donors (Lipinski definition) is 1. The minimum atomic E-state index is 0.162. The van der Waals surface area contributed by atoms with Gasteiger partial charge in [-0.15, -0.1) is 11.3 Å². The molecule has 1 aromatic rings. The summed E-state index contributed by atoms with van der Waals surface area (Å²) in [5.41, 5.74) is 1.47. The van der Waals surface area contributed by atoms with Gasteiger partial charge in [-0.3, -0.25) is 0 Å². The predicted octanol–water partition coefficient (Wildman–Crippen LogP) is 4.21. The zero-order valence-corrected chi connectivity index (χ0v) is 13.0. The standard InChI is InChI=1S/C15H26N2S/c1-15(2,3)13-12(10-16-4)18-14(17-13)11-8-6-5-7-9-11/h11,16H,5-10H2,1-4H3. The second-order valence-corrected chi connectivity index (χ2v) is 7.55. The fraction of sp³-hybridized carbons (Fsp3) is 0.800. The molecule has 0 spiro atoms. The Hall–Kier alpha value is -0.410. The van der Waals surface area contributed by atoms with E-state index in [1.54, 1.807) is 0 Å². The van der Waals surface area contributed by atoms with E-state index in [1.807, 2.05) is 18.4 Å². The summed E-state index contributed by atoms with van der Waals surface area (Å²) in [6.45, 7) is 7.76. The highest BCUT2D eigenvalue weighted by molar-refractivity contribution is 7.11. The van der Waals surface area contributed by atoms with Crippen LogP contribution in [-0.2, 0) is 12.0 Å². The molecule has 1 aliphatic rings. The summed E-state index contributed by atoms with van der Waals surface area (Å²) in [6.07, 6.45) is 6.87. The fourth-order valence-electron chi connectivity index (χ4n) is 2.76. The van der Waals surface area contributed by atoms with Gasteiger partial charge < -0.3 is 5.32 Å². The SMILES string of the molecule is CNCc1sc(C2CCCCC2)nc1C(C)(C)C. The summed E-state index contributed by atoms with van der Waals surface area (Å²) in [5.74, 6) is 0.732. The molecule has 2 nitrogen and oxygen atoms in total. The number of nitrogens with zero attached hydrogens (tertiary/aromatic N) is 1. The van der Waals surface area contributed by atoms with Crippen molar-refractivity contribution >= 4 is 11.3 Å². The average Bonchev–Trinajstić information content (AvgIpc) is 2.75. The van der Waals surface area contributed by atoms with Gasteiger partial charge in [-0.1, -0.05) is 40.0 Å². The van der Waals surface area contributed by atoms with E-state index < -0.39 is 0 Å². The van der Waals surface area contributed by atoms with Crippen molar-refractivity contribution in [3.05, 3.63) is 15.6 Å². The van der Waals surface area contributed by atoms with Crippen molar-refractivity contribution in [3.63, 3.8) is 0 Å². The van der Waals surface area contributed by atoms with E-state index in [0.717, 1.165) is 12.5 Å². The van der Waals surface area contributed by atoms with Crippen LogP contribution < -0.4 is 5.32 Å². The summed E-state index contributed by atoms with van der Waals surface area (Å²) in [6, 6.07) is 0. The van der Waals surface area contributed by atoms with E-state index in [0.29, 0.717) is 0 Å². The fourth-order valence-corrected chi connectivity index (χ4v) is 4.22. The summed E-state index contributed by atoms with van der Waals surface area (Å²) < 4.78 is 0. The van der Waals surface area contributed by atoms with Crippen molar-refractivity contribution in [2.45, 2.75) is 70.8 Å². The number of nitrogens with one attached hydrogen (secondary N) is 1. The third kappa shape index (κ3) is 3.12. The van der Waals surface area contributed by atoms with Crippen LogP contribution in [0.25, 0.3) is 0 Å². The quantitative estimate of drug-likeness (QED) is 0.886. The van der Waals surface area contributed by atoms with Gasteiger partial charge in [0.05, 0.1) is 10.7 Å². The van der Waals surface area contributed by atoms with Crippen LogP contribution in [-0.4, -0.2) is 12.0 Å². The Morgan fingerprint density at radius 2 is 1.89 bits per heavy atom. The molecule has 0 radical (unpaired) electrons. The van der Waals surface area contributed by atoms with Gasteiger partial charge in [0.1, 0.15) is 0 Å². The molecule has 0 amide bonds. The van der Waals surface area contributed by atoms with Crippen LogP contribution in [0.5, 0.6) is 0 Å². The lowest BCUT2D eigenvalue weighted by Gasteiger charge is -2.20. The largest absolute Gasteiger partial charge is 0.315 e. The maximum absolute atomic E-state index is 5.00. The Morgan fingerprint density at radius 3 is 2.44 bits per heavy atom. The van der Waals surface area contributed by atoms with Gasteiger partial charge in [-0.25, -0.2) is 4.98 Å². The summed E-state index contributed by atoms with van der Waals surface area (Å²) in [5, 5.41) is 4.68. The second kappa shape index (κ2) is 5.70. The summed E-state index contributed by atoms with van der Waals surface area (Å²) in [7, 11) is 2.02. The highest BCUT2D eigenvalue weighted by Crippen LogP contribution is 2.38. The van der Waals surface area contributed by atoms with E-state index in [-0.39, 0.29) is 5.41 Å². The second-order valence-electron chi connectivity index (χ2n) is 6.44. The molecule has 0 bridgehead atoms. The molecule has 0 unspecified atom stereocenters. The minimum Gasteiger partial charge on any atom is -0.315 e. The molecule has 0 atom stereocenters. The molecule has 1 aliphatic carbocycles. The smallest absolute Gasteiger partial charge is 0.0962 e. The molecule has 0 aliphatic heterocycles. The Balaban J connectivity index is 2.26. The van der Waals surface area contributed by atoms with Crippen molar-refractivity contribution < 1.29 is 0 Å². The van der Waals surface area contributed by atoms with Crippen molar-refractivity contribution in [1.82, 2.24) is 10.3 Å². The Kier molecular flexibility index (Phi) is 4.44. The van der Waals surface area contributed by atoms with E-state index in [4.69, 9.17) is 4.98 Å². The molecule has 1 aromatic heterocycles. The molecule has 2 rings (SSSR count). The molecule has 0 saturated heterocycles. The van der Waals surface area contributed by atoms with Crippen LogP contribution in [0.2, 0.25) is 0 Å². The number of rotatable bonds is 3. The van der Waals surface area contributed by atoms with Crippen LogP contribution in [0, 0.1) is 0 Å². The monoisotopic (exact) mass is 266 g/mol. The minimum absolute atomic E-state index is 0.162. The third-order valence-electron chi connectivity index (χ3n) is 3.72. The number of aromatic nitrogens is 1. The average molecular weight is 266 g/mol. The van der Waals surface area contributed by atoms with E-state index in [1.165, 1.54) is 47.7 Å². The van der Waals surface area contributed by atoms with E-state index in [9.17, 15) is 0 Å². The molecule has 18 heavy (non-hydrogen) atoms. The van der Waals surface area contributed by atoms with E-state index in [2.05, 4.69) is 26.1 Å². The summed E-state index contributed by atoms with van der Waals surface area (Å²) >= 11 is 1.94. The van der Waals surface area contributed by atoms with Gasteiger partial charge in [-0.2, -0.15) is 0 Å². The van der Waals surface area contributed by atoms with Crippen LogP contribution >= 0.6 is 11.3 Å². The normalized spacial score (nSPS) is 18.2. The molecule has 102 valence electrons. The lowest BCUT2D eigenvalue weighted by molar-refractivity contribution is 0.440. The highest BCUT2D eigenvalue weighted by Gasteiger charge is 2.26. The van der Waals surface area contributed by atoms with Gasteiger partial charge in [-0.05, 0) is 19.9 Å². The first kappa shape index (κ1) is 14.0. The molecular formula is C15H26N2S. The Labute approximate surface area is 115 Å². The molecule has 1 heterocycles. The first-order chi connectivity index (χ1) is 8.52. The zero-order chi connectivity index (χ0) is 13.2. The zero-order valence-electron chi connectivity index (χ0n) is 12.2. The van der Waals surface area contributed by atoms with Gasteiger partial charge >= 0.3 is 0 Å². The number of thiazole rings is 1. The molecule has 1 N–H and O–H groups in total. The van der Waals surface area contributed by atoms with Gasteiger partial charge in [0.25, 0.3) is 0 Å². The Morgan fingerprint density at radius 1 is 1.22 bits per heavy atom. The van der Waals surface area contributed by atoms with Crippen LogP contribution in [0.1, 0.15) is 74.4 Å². The number of hydrogen-bond acceptors (Lipinski definition) is 3. The molecule has 1 saturated carbocycles. The molecular weight excluding hydrogens is 240 g/mol. The molecule has 1 fully saturated rings. The maximum Gasteiger partial charge on any atom is 0.0962 e. The topological polar surface area (TPSA) is 24.9 Å². The van der Waals surface area contributed by atoms with Crippen molar-refractivity contribution in [2.75, 3.05) is 7.05 Å². The summed E-state index contributed by atoms with van der Waals surface area (Å²) in [4.78, 5) is 6.44. The van der Waals surface area contributed by atoms with Crippen molar-refractivity contribution in [1.29, 1.82) is 0 Å². The van der Waals surface area contributed by atoms with Crippen LogP contribution in [0.3, 0.4) is 0 Å². The van der Waals surface area contributed by atoms with Crippen LogP contribution in [0.4, 0.5) is 0 Å². The Bertz CT molecular complexity index is 384. The first-order valence-corrected chi connectivity index (χ1v) is 7.98. The lowest BCUT2D eigenvalue weighted by atomic mass is 9.89. The van der Waals surface area contributed by atoms with Crippen molar-refractivity contribution in [3.8, 4) is 0 Å². The lowest BCUT2D eigenvalue weighted by Crippen LogP contribution is -2.17. The van der Waals surface area contributed by atoms with Gasteiger partial charge in [0.15, 0.2) is 0 Å². The van der Waals surface area contributed by atoms with Gasteiger partial charge in [0, 0.05) is 22.8 Å². The predicted molar refractivity (Wildman–Crippen MR) is 79.4 cm³/mol. The maximum atomic E-state index is 5.00. The highest BCUT2D eigenvalue weighted by atomic mass is 32.1. The molecule has 0 aromatic carbocycles.